The van der Waals surface area contributed by atoms with Crippen molar-refractivity contribution in [3.8, 4) is 0 Å². The van der Waals surface area contributed by atoms with E-state index >= 15 is 0 Å². The predicted molar refractivity (Wildman–Crippen MR) is 74.6 cm³/mol. The number of nitrogens with zero attached hydrogens (tertiary/aromatic N) is 1. The predicted octanol–water partition coefficient (Wildman–Crippen LogP) is 3.42. The molecule has 0 atom stereocenters. The Kier molecular flexibility index (Phi) is 4.13. The number of benzene rings is 1. The van der Waals surface area contributed by atoms with Crippen LogP contribution in [-0.4, -0.2) is 11.1 Å². The summed E-state index contributed by atoms with van der Waals surface area (Å²) in [4.78, 5) is 12.1. The average molecular weight is 256 g/mol. The van der Waals surface area contributed by atoms with E-state index in [9.17, 15) is 4.79 Å². The van der Waals surface area contributed by atoms with Crippen LogP contribution < -0.4 is 5.32 Å². The number of hydrogen-bond acceptors (Lipinski definition) is 3. The number of rotatable bonds is 4. The summed E-state index contributed by atoms with van der Waals surface area (Å²) in [7, 11) is 0. The van der Waals surface area contributed by atoms with Gasteiger partial charge in [0.1, 0.15) is 5.76 Å². The van der Waals surface area contributed by atoms with Crippen LogP contribution in [0.4, 0.5) is 5.82 Å². The van der Waals surface area contributed by atoms with Gasteiger partial charge in [0.05, 0.1) is 0 Å². The molecular weight excluding hydrogens is 240 g/mol. The first-order valence-electron chi connectivity index (χ1n) is 6.19. The maximum absolute atomic E-state index is 12.1. The fourth-order valence-corrected chi connectivity index (χ4v) is 1.70. The van der Waals surface area contributed by atoms with Gasteiger partial charge < -0.3 is 9.84 Å². The molecule has 1 aromatic heterocycles. The lowest BCUT2D eigenvalue weighted by atomic mass is 10.1. The highest BCUT2D eigenvalue weighted by molar-refractivity contribution is 6.06. The van der Waals surface area contributed by atoms with E-state index in [0.717, 1.165) is 5.56 Å². The van der Waals surface area contributed by atoms with Crippen LogP contribution in [0, 0.1) is 6.92 Å². The summed E-state index contributed by atoms with van der Waals surface area (Å²) in [5, 5.41) is 6.47. The van der Waals surface area contributed by atoms with Gasteiger partial charge in [-0.25, -0.2) is 0 Å². The summed E-state index contributed by atoms with van der Waals surface area (Å²) in [5.74, 6) is 0.954. The molecule has 0 fully saturated rings. The van der Waals surface area contributed by atoms with Crippen LogP contribution in [0.1, 0.15) is 24.7 Å². The van der Waals surface area contributed by atoms with Gasteiger partial charge in [-0.2, -0.15) is 0 Å². The topological polar surface area (TPSA) is 55.1 Å². The number of aryl methyl sites for hydroxylation is 1. The molecule has 0 spiro atoms. The third kappa shape index (κ3) is 3.55. The van der Waals surface area contributed by atoms with Gasteiger partial charge >= 0.3 is 0 Å². The summed E-state index contributed by atoms with van der Waals surface area (Å²) in [6.07, 6.45) is 2.53. The molecule has 0 aliphatic carbocycles. The van der Waals surface area contributed by atoms with E-state index in [-0.39, 0.29) is 5.91 Å². The fourth-order valence-electron chi connectivity index (χ4n) is 1.70. The van der Waals surface area contributed by atoms with Gasteiger partial charge in [-0.15, -0.1) is 0 Å². The summed E-state index contributed by atoms with van der Waals surface area (Å²) in [6, 6.07) is 11.4. The smallest absolute Gasteiger partial charge is 0.252 e. The van der Waals surface area contributed by atoms with Crippen LogP contribution in [0.15, 0.2) is 46.5 Å². The summed E-state index contributed by atoms with van der Waals surface area (Å²) in [5.41, 5.74) is 1.71. The van der Waals surface area contributed by atoms with E-state index in [4.69, 9.17) is 4.52 Å². The second-order valence-corrected chi connectivity index (χ2v) is 4.21. The molecule has 1 N–H and O–H groups in total. The highest BCUT2D eigenvalue weighted by Crippen LogP contribution is 2.13. The van der Waals surface area contributed by atoms with Crippen molar-refractivity contribution in [3.05, 3.63) is 53.3 Å². The molecule has 1 aromatic carbocycles. The Hall–Kier alpha value is -2.36. The number of amides is 1. The minimum atomic E-state index is -0.153. The first-order valence-corrected chi connectivity index (χ1v) is 6.19. The number of aromatic nitrogens is 1. The number of carbonyl (C=O) groups is 1. The van der Waals surface area contributed by atoms with Crippen molar-refractivity contribution in [1.82, 2.24) is 5.16 Å². The second kappa shape index (κ2) is 6.00. The molecule has 98 valence electrons. The van der Waals surface area contributed by atoms with Gasteiger partial charge in [0.2, 0.25) is 0 Å². The standard InChI is InChI=1S/C15H16N2O2/c1-3-13(10-12-7-5-4-6-8-12)15(18)16-14-9-11(2)19-17-14/h4-10H,3H2,1-2H3,(H,16,17,18)/b13-10+. The van der Waals surface area contributed by atoms with Crippen molar-refractivity contribution in [1.29, 1.82) is 0 Å². The monoisotopic (exact) mass is 256 g/mol. The largest absolute Gasteiger partial charge is 0.360 e. The molecule has 0 bridgehead atoms. The molecule has 0 aliphatic heterocycles. The van der Waals surface area contributed by atoms with Crippen LogP contribution in [0.2, 0.25) is 0 Å². The minimum absolute atomic E-state index is 0.153. The van der Waals surface area contributed by atoms with Crippen molar-refractivity contribution in [3.63, 3.8) is 0 Å². The lowest BCUT2D eigenvalue weighted by molar-refractivity contribution is -0.112. The fraction of sp³-hybridized carbons (Fsp3) is 0.200. The van der Waals surface area contributed by atoms with Gasteiger partial charge in [0, 0.05) is 11.6 Å². The molecule has 2 rings (SSSR count). The van der Waals surface area contributed by atoms with E-state index in [1.54, 1.807) is 13.0 Å². The van der Waals surface area contributed by atoms with Crippen molar-refractivity contribution in [2.24, 2.45) is 0 Å². The quantitative estimate of drug-likeness (QED) is 0.853. The zero-order chi connectivity index (χ0) is 13.7. The first kappa shape index (κ1) is 13.1. The molecule has 0 unspecified atom stereocenters. The molecule has 1 amide bonds. The Bertz CT molecular complexity index is 585. The van der Waals surface area contributed by atoms with Gasteiger partial charge in [-0.3, -0.25) is 4.79 Å². The second-order valence-electron chi connectivity index (χ2n) is 4.21. The van der Waals surface area contributed by atoms with Crippen molar-refractivity contribution >= 4 is 17.8 Å². The van der Waals surface area contributed by atoms with Gasteiger partial charge in [0.15, 0.2) is 5.82 Å². The highest BCUT2D eigenvalue weighted by atomic mass is 16.5. The van der Waals surface area contributed by atoms with Crippen LogP contribution in [0.3, 0.4) is 0 Å². The van der Waals surface area contributed by atoms with Gasteiger partial charge in [-0.1, -0.05) is 42.4 Å². The van der Waals surface area contributed by atoms with E-state index in [1.807, 2.05) is 43.3 Å². The lowest BCUT2D eigenvalue weighted by Crippen LogP contribution is -2.14. The van der Waals surface area contributed by atoms with Crippen LogP contribution in [0.25, 0.3) is 6.08 Å². The van der Waals surface area contributed by atoms with E-state index in [2.05, 4.69) is 10.5 Å². The third-order valence-corrected chi connectivity index (χ3v) is 2.68. The molecule has 0 aliphatic rings. The number of nitrogens with one attached hydrogen (secondary N) is 1. The SMILES string of the molecule is CC/C(=C\c1ccccc1)C(=O)Nc1cc(C)on1. The summed E-state index contributed by atoms with van der Waals surface area (Å²) >= 11 is 0. The summed E-state index contributed by atoms with van der Waals surface area (Å²) in [6.45, 7) is 3.73. The van der Waals surface area contributed by atoms with E-state index in [1.165, 1.54) is 0 Å². The van der Waals surface area contributed by atoms with Crippen LogP contribution in [0.5, 0.6) is 0 Å². The highest BCUT2D eigenvalue weighted by Gasteiger charge is 2.10. The van der Waals surface area contributed by atoms with Crippen LogP contribution in [-0.2, 0) is 4.79 Å². The molecule has 0 radical (unpaired) electrons. The van der Waals surface area contributed by atoms with Crippen LogP contribution >= 0.6 is 0 Å². The Morgan fingerprint density at radius 1 is 1.37 bits per heavy atom. The number of carbonyl (C=O) groups excluding carboxylic acids is 1. The molecule has 4 heteroatoms. The zero-order valence-electron chi connectivity index (χ0n) is 11.0. The Morgan fingerprint density at radius 3 is 2.68 bits per heavy atom. The Morgan fingerprint density at radius 2 is 2.11 bits per heavy atom. The normalized spacial score (nSPS) is 11.4. The maximum atomic E-state index is 12.1. The van der Waals surface area contributed by atoms with Crippen molar-refractivity contribution < 1.29 is 9.32 Å². The maximum Gasteiger partial charge on any atom is 0.252 e. The van der Waals surface area contributed by atoms with Crippen molar-refractivity contribution in [2.45, 2.75) is 20.3 Å². The molecule has 0 saturated carbocycles. The molecule has 19 heavy (non-hydrogen) atoms. The Labute approximate surface area is 112 Å². The third-order valence-electron chi connectivity index (χ3n) is 2.68. The molecule has 0 saturated heterocycles. The zero-order valence-corrected chi connectivity index (χ0v) is 11.0. The van der Waals surface area contributed by atoms with E-state index < -0.39 is 0 Å². The Balaban J connectivity index is 2.13. The first-order chi connectivity index (χ1) is 9.19. The number of anilines is 1. The molecule has 1 heterocycles. The minimum Gasteiger partial charge on any atom is -0.360 e. The average Bonchev–Trinajstić information content (AvgIpc) is 2.82. The lowest BCUT2D eigenvalue weighted by Gasteiger charge is -2.04. The van der Waals surface area contributed by atoms with Crippen molar-refractivity contribution in [2.75, 3.05) is 5.32 Å². The molecular formula is C15H16N2O2. The summed E-state index contributed by atoms with van der Waals surface area (Å²) < 4.78 is 4.91. The van der Waals surface area contributed by atoms with Gasteiger partial charge in [0.25, 0.3) is 5.91 Å². The van der Waals surface area contributed by atoms with E-state index in [0.29, 0.717) is 23.6 Å². The van der Waals surface area contributed by atoms with Gasteiger partial charge in [-0.05, 0) is 25.0 Å². The molecule has 4 nitrogen and oxygen atoms in total. The number of hydrogen-bond donors (Lipinski definition) is 1. The molecule has 2 aromatic rings.